The minimum atomic E-state index is -0.613. The van der Waals surface area contributed by atoms with Crippen molar-refractivity contribution in [3.8, 4) is 11.4 Å². The summed E-state index contributed by atoms with van der Waals surface area (Å²) in [5, 5.41) is 2.14. The maximum absolute atomic E-state index is 12.5. The number of aromatic nitrogens is 1. The Morgan fingerprint density at radius 2 is 1.92 bits per heavy atom. The van der Waals surface area contributed by atoms with Gasteiger partial charge in [-0.2, -0.15) is 0 Å². The maximum Gasteiger partial charge on any atom is 0.262 e. The van der Waals surface area contributed by atoms with Gasteiger partial charge in [-0.3, -0.25) is 24.3 Å². The van der Waals surface area contributed by atoms with E-state index in [2.05, 4.69) is 5.32 Å². The molecule has 0 atom stereocenters. The van der Waals surface area contributed by atoms with Gasteiger partial charge in [-0.05, 0) is 18.6 Å². The lowest BCUT2D eigenvalue weighted by atomic mass is 10.1. The first-order valence-electron chi connectivity index (χ1n) is 7.68. The number of nitrogen functional groups attached to an aromatic ring is 1. The monoisotopic (exact) mass is 327 g/mol. The van der Waals surface area contributed by atoms with E-state index in [1.807, 2.05) is 6.92 Å². The summed E-state index contributed by atoms with van der Waals surface area (Å²) in [5.41, 5.74) is 6.00. The van der Waals surface area contributed by atoms with Crippen LogP contribution in [-0.4, -0.2) is 23.0 Å². The summed E-state index contributed by atoms with van der Waals surface area (Å²) in [7, 11) is 0. The number of rotatable bonds is 5. The van der Waals surface area contributed by atoms with Gasteiger partial charge in [0.25, 0.3) is 17.4 Å². The van der Waals surface area contributed by atoms with E-state index in [0.717, 1.165) is 18.9 Å². The third kappa shape index (κ3) is 2.54. The van der Waals surface area contributed by atoms with E-state index in [1.54, 1.807) is 24.3 Å². The molecule has 0 saturated carbocycles. The molecule has 2 heterocycles. The highest BCUT2D eigenvalue weighted by atomic mass is 16.5. The van der Waals surface area contributed by atoms with Crippen LogP contribution < -0.4 is 21.3 Å². The first-order valence-corrected chi connectivity index (χ1v) is 7.68. The number of hydrogen-bond acceptors (Lipinski definition) is 5. The fourth-order valence-electron chi connectivity index (χ4n) is 2.62. The first-order chi connectivity index (χ1) is 11.5. The molecule has 0 aliphatic carbocycles. The quantitative estimate of drug-likeness (QED) is 0.639. The van der Waals surface area contributed by atoms with Crippen molar-refractivity contribution in [3.05, 3.63) is 51.8 Å². The number of nitrogens with two attached hydrogens (primary N) is 1. The minimum Gasteiger partial charge on any atom is -0.491 e. The van der Waals surface area contributed by atoms with E-state index in [0.29, 0.717) is 18.0 Å². The fraction of sp³-hybridized carbons (Fsp3) is 0.235. The largest absolute Gasteiger partial charge is 0.491 e. The Balaban J connectivity index is 2.15. The molecule has 0 unspecified atom stereocenters. The van der Waals surface area contributed by atoms with E-state index < -0.39 is 17.4 Å². The van der Waals surface area contributed by atoms with Crippen LogP contribution in [0.15, 0.2) is 35.1 Å². The number of anilines is 1. The molecule has 0 saturated heterocycles. The molecule has 7 nitrogen and oxygen atoms in total. The van der Waals surface area contributed by atoms with Gasteiger partial charge in [0, 0.05) is 6.07 Å². The number of carbonyl (C=O) groups is 2. The Kier molecular flexibility index (Phi) is 4.07. The highest BCUT2D eigenvalue weighted by molar-refractivity contribution is 6.23. The van der Waals surface area contributed by atoms with Crippen LogP contribution in [0.3, 0.4) is 0 Å². The molecule has 0 bridgehead atoms. The SMILES string of the molecule is CCCCOc1ccccc1-n1c(N)c2c(cc1=O)C(=O)NC2=O. The molecule has 1 aliphatic heterocycles. The topological polar surface area (TPSA) is 103 Å². The number of amides is 2. The number of benzene rings is 1. The number of nitrogens with zero attached hydrogens (tertiary/aromatic N) is 1. The van der Waals surface area contributed by atoms with Crippen molar-refractivity contribution in [2.24, 2.45) is 0 Å². The van der Waals surface area contributed by atoms with Gasteiger partial charge in [0.05, 0.1) is 23.4 Å². The van der Waals surface area contributed by atoms with Gasteiger partial charge >= 0.3 is 0 Å². The third-order valence-electron chi connectivity index (χ3n) is 3.81. The Bertz CT molecular complexity index is 886. The van der Waals surface area contributed by atoms with Crippen molar-refractivity contribution in [3.63, 3.8) is 0 Å². The predicted molar refractivity (Wildman–Crippen MR) is 88.7 cm³/mol. The summed E-state index contributed by atoms with van der Waals surface area (Å²) in [4.78, 5) is 36.1. The Labute approximate surface area is 138 Å². The van der Waals surface area contributed by atoms with Gasteiger partial charge in [0.2, 0.25) is 0 Å². The predicted octanol–water partition coefficient (Wildman–Crippen LogP) is 1.48. The van der Waals surface area contributed by atoms with E-state index in [4.69, 9.17) is 10.5 Å². The molecule has 124 valence electrons. The molecule has 0 spiro atoms. The van der Waals surface area contributed by atoms with E-state index >= 15 is 0 Å². The molecule has 0 fully saturated rings. The lowest BCUT2D eigenvalue weighted by Gasteiger charge is -2.16. The number of nitrogens with one attached hydrogen (secondary N) is 1. The van der Waals surface area contributed by atoms with Crippen LogP contribution in [0.5, 0.6) is 5.75 Å². The fourth-order valence-corrected chi connectivity index (χ4v) is 2.62. The van der Waals surface area contributed by atoms with Crippen molar-refractivity contribution in [1.82, 2.24) is 9.88 Å². The lowest BCUT2D eigenvalue weighted by molar-refractivity contribution is 0.0880. The number of fused-ring (bicyclic) bond motifs is 1. The standard InChI is InChI=1S/C17H17N3O4/c1-2-3-8-24-12-7-5-4-6-11(12)20-13(21)9-10-14(15(20)18)17(23)19-16(10)22/h4-7,9H,2-3,8,18H2,1H3,(H,19,22,23). The van der Waals surface area contributed by atoms with Gasteiger partial charge in [-0.1, -0.05) is 25.5 Å². The van der Waals surface area contributed by atoms with Crippen LogP contribution in [0.1, 0.15) is 40.5 Å². The number of pyridine rings is 1. The average molecular weight is 327 g/mol. The second-order valence-electron chi connectivity index (χ2n) is 5.44. The lowest BCUT2D eigenvalue weighted by Crippen LogP contribution is -2.24. The number of carbonyl (C=O) groups excluding carboxylic acids is 2. The average Bonchev–Trinajstić information content (AvgIpc) is 2.83. The molecule has 1 aromatic heterocycles. The second kappa shape index (κ2) is 6.19. The van der Waals surface area contributed by atoms with Crippen LogP contribution in [-0.2, 0) is 0 Å². The number of ether oxygens (including phenoxy) is 1. The first kappa shape index (κ1) is 15.8. The van der Waals surface area contributed by atoms with Gasteiger partial charge < -0.3 is 10.5 Å². The van der Waals surface area contributed by atoms with Crippen molar-refractivity contribution in [2.75, 3.05) is 12.3 Å². The number of para-hydroxylation sites is 2. The molecule has 1 aliphatic rings. The van der Waals surface area contributed by atoms with Crippen molar-refractivity contribution < 1.29 is 14.3 Å². The molecule has 3 N–H and O–H groups in total. The van der Waals surface area contributed by atoms with E-state index in [-0.39, 0.29) is 16.9 Å². The molecule has 2 aromatic rings. The summed E-state index contributed by atoms with van der Waals surface area (Å²) < 4.78 is 6.92. The smallest absolute Gasteiger partial charge is 0.262 e. The van der Waals surface area contributed by atoms with Crippen LogP contribution in [0.4, 0.5) is 5.82 Å². The zero-order valence-electron chi connectivity index (χ0n) is 13.2. The minimum absolute atomic E-state index is 0.00290. The molecular formula is C17H17N3O4. The molecule has 1 aromatic carbocycles. The summed E-state index contributed by atoms with van der Waals surface area (Å²) in [6, 6.07) is 8.06. The summed E-state index contributed by atoms with van der Waals surface area (Å²) in [5.74, 6) is -0.805. The van der Waals surface area contributed by atoms with E-state index in [9.17, 15) is 14.4 Å². The second-order valence-corrected chi connectivity index (χ2v) is 5.44. The number of imide groups is 1. The van der Waals surface area contributed by atoms with Gasteiger partial charge in [-0.15, -0.1) is 0 Å². The van der Waals surface area contributed by atoms with Crippen LogP contribution in [0, 0.1) is 0 Å². The van der Waals surface area contributed by atoms with Crippen LogP contribution >= 0.6 is 0 Å². The Morgan fingerprint density at radius 1 is 1.17 bits per heavy atom. The maximum atomic E-state index is 12.5. The molecular weight excluding hydrogens is 310 g/mol. The van der Waals surface area contributed by atoms with Crippen molar-refractivity contribution in [1.29, 1.82) is 0 Å². The highest BCUT2D eigenvalue weighted by Crippen LogP contribution is 2.27. The van der Waals surface area contributed by atoms with E-state index in [1.165, 1.54) is 4.57 Å². The third-order valence-corrected chi connectivity index (χ3v) is 3.81. The highest BCUT2D eigenvalue weighted by Gasteiger charge is 2.32. The molecule has 24 heavy (non-hydrogen) atoms. The van der Waals surface area contributed by atoms with Gasteiger partial charge in [-0.25, -0.2) is 0 Å². The molecule has 7 heteroatoms. The summed E-state index contributed by atoms with van der Waals surface area (Å²) in [6.45, 7) is 2.56. The number of unbranched alkanes of at least 4 members (excludes halogenated alkanes) is 1. The normalized spacial score (nSPS) is 12.9. The Morgan fingerprint density at radius 3 is 2.67 bits per heavy atom. The summed E-state index contributed by atoms with van der Waals surface area (Å²) >= 11 is 0. The van der Waals surface area contributed by atoms with Gasteiger partial charge in [0.1, 0.15) is 11.6 Å². The molecule has 0 radical (unpaired) electrons. The molecule has 3 rings (SSSR count). The van der Waals surface area contributed by atoms with Crippen LogP contribution in [0.2, 0.25) is 0 Å². The summed E-state index contributed by atoms with van der Waals surface area (Å²) in [6.07, 6.45) is 1.85. The Hall–Kier alpha value is -3.09. The van der Waals surface area contributed by atoms with Gasteiger partial charge in [0.15, 0.2) is 0 Å². The van der Waals surface area contributed by atoms with Crippen LogP contribution in [0.25, 0.3) is 5.69 Å². The molecule has 2 amide bonds. The number of hydrogen-bond donors (Lipinski definition) is 2. The zero-order chi connectivity index (χ0) is 17.3. The van der Waals surface area contributed by atoms with Crippen molar-refractivity contribution >= 4 is 17.6 Å². The zero-order valence-corrected chi connectivity index (χ0v) is 13.2. The van der Waals surface area contributed by atoms with Crippen molar-refractivity contribution in [2.45, 2.75) is 19.8 Å².